The Morgan fingerprint density at radius 3 is 2.07 bits per heavy atom. The summed E-state index contributed by atoms with van der Waals surface area (Å²) in [6, 6.07) is 31.7. The lowest BCUT2D eigenvalue weighted by molar-refractivity contribution is -0.703. The van der Waals surface area contributed by atoms with E-state index in [-0.39, 0.29) is 29.7 Å². The van der Waals surface area contributed by atoms with Gasteiger partial charge >= 0.3 is 0 Å². The van der Waals surface area contributed by atoms with E-state index in [1.807, 2.05) is 125 Å². The van der Waals surface area contributed by atoms with E-state index in [0.29, 0.717) is 90.6 Å². The minimum atomic E-state index is -0.433. The molecule has 0 saturated heterocycles. The van der Waals surface area contributed by atoms with Crippen molar-refractivity contribution in [3.05, 3.63) is 151 Å². The number of nitrogen functional groups attached to an aromatic ring is 2. The number of hydrogen-bond acceptors (Lipinski definition) is 15. The van der Waals surface area contributed by atoms with Crippen molar-refractivity contribution >= 4 is 29.2 Å². The molecule has 0 bridgehead atoms. The first-order valence-electron chi connectivity index (χ1n) is 23.4. The van der Waals surface area contributed by atoms with Gasteiger partial charge in [0.1, 0.15) is 59.4 Å². The highest BCUT2D eigenvalue weighted by Crippen LogP contribution is 2.36. The zero-order chi connectivity index (χ0) is 49.9. The van der Waals surface area contributed by atoms with Gasteiger partial charge in [0.25, 0.3) is 5.91 Å². The lowest BCUT2D eigenvalue weighted by Crippen LogP contribution is -2.50. The Morgan fingerprint density at radius 1 is 0.789 bits per heavy atom. The molecular formula is C53H59N16O2+. The summed E-state index contributed by atoms with van der Waals surface area (Å²) in [6.07, 6.45) is 13.2. The number of para-hydroxylation sites is 1. The normalized spacial score (nSPS) is 17.6. The van der Waals surface area contributed by atoms with Crippen LogP contribution in [0.3, 0.4) is 0 Å². The second kappa shape index (κ2) is 22.7. The number of aromatic nitrogens is 6. The molecule has 1 amide bonds. The zero-order valence-electron chi connectivity index (χ0n) is 40.2. The fourth-order valence-corrected chi connectivity index (χ4v) is 8.43. The molecule has 0 spiro atoms. The molecule has 0 unspecified atom stereocenters. The molecule has 3 aromatic carbocycles. The van der Waals surface area contributed by atoms with Gasteiger partial charge in [-0.1, -0.05) is 78.3 Å². The number of likely N-dealkylation sites (N-methyl/N-ethyl adjacent to an activating group) is 2. The molecule has 8 N–H and O–H groups in total. The average Bonchev–Trinajstić information content (AvgIpc) is 3.79. The second-order valence-electron chi connectivity index (χ2n) is 18.2. The summed E-state index contributed by atoms with van der Waals surface area (Å²) in [4.78, 5) is 30.9. The maximum Gasteiger partial charge on any atom is 0.261 e. The monoisotopic (exact) mass is 952 g/mol. The van der Waals surface area contributed by atoms with E-state index >= 15 is 0 Å². The Kier molecular flexibility index (Phi) is 15.6. The first-order valence-corrected chi connectivity index (χ1v) is 23.4. The Hall–Kier alpha value is -8.58. The van der Waals surface area contributed by atoms with Gasteiger partial charge < -0.3 is 42.4 Å². The molecule has 3 heterocycles. The molecule has 6 aromatic rings. The smallest absolute Gasteiger partial charge is 0.261 e. The van der Waals surface area contributed by atoms with Gasteiger partial charge in [-0.05, 0) is 88.3 Å². The lowest BCUT2D eigenvalue weighted by Gasteiger charge is -2.37. The number of rotatable bonds is 21. The molecule has 2 aliphatic rings. The number of carbonyl (C=O) groups is 1. The SMILES string of the molecule is C=C(NC1CC(Nc2nc[n+](CN(C)CC=C(C#N)C(=O)NC3CC(Nc4ncnc(N)c4-c4ccc(Oc5ccccc5)cc4)C3)c(N)c2-c2cnn(Cc3ccccc3)c2)C1)C(C#N)=CCN(C)C. The number of anilines is 4. The highest BCUT2D eigenvalue weighted by Gasteiger charge is 2.34. The molecule has 18 heteroatoms. The van der Waals surface area contributed by atoms with Crippen molar-refractivity contribution in [2.45, 2.75) is 63.1 Å². The van der Waals surface area contributed by atoms with E-state index in [4.69, 9.17) is 21.2 Å². The van der Waals surface area contributed by atoms with Crippen molar-refractivity contribution in [2.75, 3.05) is 56.3 Å². The minimum absolute atomic E-state index is 0.0166. The first kappa shape index (κ1) is 48.9. The molecule has 0 aliphatic heterocycles. The van der Waals surface area contributed by atoms with Crippen LogP contribution in [0.5, 0.6) is 11.5 Å². The highest BCUT2D eigenvalue weighted by molar-refractivity contribution is 5.97. The molecule has 0 atom stereocenters. The number of nitrogens with zero attached hydrogens (tertiary/aromatic N) is 10. The van der Waals surface area contributed by atoms with Crippen molar-refractivity contribution in [3.63, 3.8) is 0 Å². The second-order valence-corrected chi connectivity index (χ2v) is 18.2. The van der Waals surface area contributed by atoms with Crippen molar-refractivity contribution in [1.82, 2.24) is 45.2 Å². The lowest BCUT2D eigenvalue weighted by atomic mass is 9.86. The number of ether oxygens (including phenoxy) is 1. The Balaban J connectivity index is 0.873. The van der Waals surface area contributed by atoms with Crippen molar-refractivity contribution in [1.29, 1.82) is 10.5 Å². The van der Waals surface area contributed by atoms with Gasteiger partial charge in [0.2, 0.25) is 18.0 Å². The highest BCUT2D eigenvalue weighted by atomic mass is 16.5. The van der Waals surface area contributed by atoms with E-state index in [1.165, 1.54) is 6.33 Å². The molecule has 71 heavy (non-hydrogen) atoms. The largest absolute Gasteiger partial charge is 0.457 e. The van der Waals surface area contributed by atoms with Gasteiger partial charge in [0, 0.05) is 54.7 Å². The molecular weight excluding hydrogens is 893 g/mol. The zero-order valence-corrected chi connectivity index (χ0v) is 40.2. The van der Waals surface area contributed by atoms with Crippen LogP contribution in [0.25, 0.3) is 22.3 Å². The number of amides is 1. The van der Waals surface area contributed by atoms with Crippen LogP contribution < -0.4 is 42.0 Å². The predicted octanol–water partition coefficient (Wildman–Crippen LogP) is 5.85. The molecule has 3 aromatic heterocycles. The van der Waals surface area contributed by atoms with Crippen LogP contribution >= 0.6 is 0 Å². The summed E-state index contributed by atoms with van der Waals surface area (Å²) in [5.74, 6) is 3.03. The van der Waals surface area contributed by atoms with Crippen LogP contribution in [0.15, 0.2) is 146 Å². The van der Waals surface area contributed by atoms with Crippen LogP contribution in [0.4, 0.5) is 23.3 Å². The Bertz CT molecular complexity index is 2960. The summed E-state index contributed by atoms with van der Waals surface area (Å²) in [6.45, 7) is 5.96. The van der Waals surface area contributed by atoms with Crippen LogP contribution in [-0.4, -0.2) is 98.8 Å². The van der Waals surface area contributed by atoms with Gasteiger partial charge in [-0.25, -0.2) is 14.5 Å². The van der Waals surface area contributed by atoms with Crippen molar-refractivity contribution in [3.8, 4) is 45.9 Å². The van der Waals surface area contributed by atoms with Gasteiger partial charge in [0.05, 0.1) is 23.9 Å². The van der Waals surface area contributed by atoms with E-state index in [0.717, 1.165) is 35.3 Å². The number of nitriles is 2. The van der Waals surface area contributed by atoms with Gasteiger partial charge in [0.15, 0.2) is 0 Å². The van der Waals surface area contributed by atoms with Crippen LogP contribution in [-0.2, 0) is 18.0 Å². The van der Waals surface area contributed by atoms with E-state index in [1.54, 1.807) is 18.6 Å². The summed E-state index contributed by atoms with van der Waals surface area (Å²) in [7, 11) is 5.79. The Labute approximate surface area is 414 Å². The molecule has 8 rings (SSSR count). The fraction of sp³-hybridized carbons (Fsp3) is 0.283. The number of nitrogens with two attached hydrogens (primary N) is 2. The summed E-state index contributed by atoms with van der Waals surface area (Å²) >= 11 is 0. The average molecular weight is 952 g/mol. The number of allylic oxidation sites excluding steroid dienone is 1. The number of hydrogen-bond donors (Lipinski definition) is 6. The van der Waals surface area contributed by atoms with Crippen molar-refractivity contribution in [2.24, 2.45) is 0 Å². The van der Waals surface area contributed by atoms with Crippen LogP contribution in [0.1, 0.15) is 31.2 Å². The van der Waals surface area contributed by atoms with Gasteiger partial charge in [-0.15, -0.1) is 0 Å². The molecule has 18 nitrogen and oxygen atoms in total. The molecule has 0 radical (unpaired) electrons. The molecule has 362 valence electrons. The standard InChI is InChI=1S/C53H58N16O2/c1-35(38(27-54)19-21-66(2)3)62-41-23-42(24-41)64-52-48(40-29-61-69(31-40)30-36-11-7-5-8-12-36)50(57)68(33-60-52)34-67(4)22-20-39(28-55)53(70)65-44-25-43(26-44)63-51-47(49(56)58-32-59-51)37-15-17-46(18-16-37)71-45-13-9-6-10-14-45/h5-20,29,31-33,41-44,62H,1,21-26,30,34H2,2-4H3,(H6,56,57,58,59,63,64,65,70)/p+1. The van der Waals surface area contributed by atoms with Crippen molar-refractivity contribution < 1.29 is 14.1 Å². The Morgan fingerprint density at radius 2 is 1.41 bits per heavy atom. The predicted molar refractivity (Wildman–Crippen MR) is 274 cm³/mol. The van der Waals surface area contributed by atoms with E-state index < -0.39 is 5.91 Å². The van der Waals surface area contributed by atoms with Gasteiger partial charge in [-0.2, -0.15) is 15.6 Å². The van der Waals surface area contributed by atoms with Crippen LogP contribution in [0.2, 0.25) is 0 Å². The quantitative estimate of drug-likeness (QED) is 0.0215. The molecule has 2 fully saturated rings. The molecule has 2 saturated carbocycles. The third-order valence-electron chi connectivity index (χ3n) is 12.4. The maximum atomic E-state index is 13.4. The topological polar surface area (TPSA) is 241 Å². The summed E-state index contributed by atoms with van der Waals surface area (Å²) in [5.41, 5.74) is 18.7. The number of carbonyl (C=O) groups excluding carboxylic acids is 1. The summed E-state index contributed by atoms with van der Waals surface area (Å²) in [5, 5.41) is 37.9. The number of benzene rings is 3. The summed E-state index contributed by atoms with van der Waals surface area (Å²) < 4.78 is 9.66. The molecule has 2 aliphatic carbocycles. The van der Waals surface area contributed by atoms with Gasteiger partial charge in [-0.3, -0.25) is 14.4 Å². The third-order valence-corrected chi connectivity index (χ3v) is 12.4. The first-order chi connectivity index (χ1) is 34.4. The van der Waals surface area contributed by atoms with E-state index in [2.05, 4.69) is 67.2 Å². The number of nitrogens with one attached hydrogen (secondary N) is 4. The van der Waals surface area contributed by atoms with E-state index in [9.17, 15) is 15.3 Å². The minimum Gasteiger partial charge on any atom is -0.457 e. The fourth-order valence-electron chi connectivity index (χ4n) is 8.43. The van der Waals surface area contributed by atoms with Crippen LogP contribution in [0, 0.1) is 22.7 Å². The third kappa shape index (κ3) is 12.6. The maximum absolute atomic E-state index is 13.4.